The van der Waals surface area contributed by atoms with Gasteiger partial charge in [-0.25, -0.2) is 4.79 Å². The summed E-state index contributed by atoms with van der Waals surface area (Å²) in [6.45, 7) is 4.59. The maximum Gasteiger partial charge on any atom is 0.362 e. The molecule has 0 aliphatic rings. The predicted octanol–water partition coefficient (Wildman–Crippen LogP) is 14.3. The van der Waals surface area contributed by atoms with Gasteiger partial charge in [-0.1, -0.05) is 170 Å². The Morgan fingerprint density at radius 3 is 1.35 bits per heavy atom. The summed E-state index contributed by atoms with van der Waals surface area (Å²) < 4.78 is 17.3. The molecule has 0 spiro atoms. The Bertz CT molecular complexity index is 1240. The number of hydrogen-bond acceptors (Lipinski definition) is 6. The number of likely N-dealkylation sites (N-methyl/N-ethyl adjacent to an activating group) is 1. The van der Waals surface area contributed by atoms with Crippen molar-refractivity contribution in [1.29, 1.82) is 0 Å². The molecule has 2 unspecified atom stereocenters. The van der Waals surface area contributed by atoms with Gasteiger partial charge >= 0.3 is 17.9 Å². The smallest absolute Gasteiger partial charge is 0.362 e. The molecule has 0 heterocycles. The molecular weight excluding hydrogens is 775 g/mol. The van der Waals surface area contributed by atoms with E-state index < -0.39 is 18.1 Å². The lowest BCUT2D eigenvalue weighted by molar-refractivity contribution is -0.887. The maximum atomic E-state index is 12.8. The van der Waals surface area contributed by atoms with Crippen molar-refractivity contribution < 1.29 is 38.2 Å². The van der Waals surface area contributed by atoms with Crippen LogP contribution in [0.4, 0.5) is 0 Å². The molecular formula is C54H94NO7+. The van der Waals surface area contributed by atoms with Crippen LogP contribution >= 0.6 is 0 Å². The number of carboxylic acids is 1. The van der Waals surface area contributed by atoms with E-state index >= 15 is 0 Å². The van der Waals surface area contributed by atoms with Crippen LogP contribution in [0, 0.1) is 0 Å². The minimum Gasteiger partial charge on any atom is -0.477 e. The van der Waals surface area contributed by atoms with Crippen LogP contribution in [0.2, 0.25) is 0 Å². The van der Waals surface area contributed by atoms with Crippen molar-refractivity contribution in [2.75, 3.05) is 41.0 Å². The average molecular weight is 869 g/mol. The maximum absolute atomic E-state index is 12.8. The van der Waals surface area contributed by atoms with Crippen molar-refractivity contribution in [2.45, 2.75) is 212 Å². The number of carbonyl (C=O) groups excluding carboxylic acids is 2. The van der Waals surface area contributed by atoms with Gasteiger partial charge in [-0.05, 0) is 83.5 Å². The van der Waals surface area contributed by atoms with Crippen molar-refractivity contribution >= 4 is 17.9 Å². The highest BCUT2D eigenvalue weighted by atomic mass is 16.6. The molecule has 0 aromatic heterocycles. The lowest BCUT2D eigenvalue weighted by atomic mass is 10.1. The van der Waals surface area contributed by atoms with Crippen LogP contribution < -0.4 is 0 Å². The molecule has 62 heavy (non-hydrogen) atoms. The van der Waals surface area contributed by atoms with Gasteiger partial charge in [-0.15, -0.1) is 0 Å². The summed E-state index contributed by atoms with van der Waals surface area (Å²) in [4.78, 5) is 37.1. The first-order valence-corrected chi connectivity index (χ1v) is 25.0. The minimum absolute atomic E-state index is 0.0466. The topological polar surface area (TPSA) is 99.1 Å². The standard InChI is InChI=1S/C54H93NO7/c1-6-8-10-12-14-16-18-20-22-24-26-27-29-30-32-34-36-38-40-42-44-52(56)61-49-50(48-60-47-46-51(54(58)59)55(3,4)5)62-53(57)45-43-41-39-37-35-33-31-28-25-23-21-19-17-15-13-11-9-7-2/h8,10,14,16,20,22,26-28,30-32,50-51H,6-7,9,11-13,15,17-19,21,23-25,29,33-49H2,1-5H3/p+1/b10-8+,16-14+,22-20+,27-26+,31-28+,32-30+. The number of hydrogen-bond donors (Lipinski definition) is 1. The van der Waals surface area contributed by atoms with Crippen LogP contribution in [0.5, 0.6) is 0 Å². The lowest BCUT2D eigenvalue weighted by Crippen LogP contribution is -2.50. The number of unbranched alkanes of at least 4 members (excludes halogenated alkanes) is 18. The van der Waals surface area contributed by atoms with Gasteiger partial charge in [-0.3, -0.25) is 9.59 Å². The average Bonchev–Trinajstić information content (AvgIpc) is 3.23. The van der Waals surface area contributed by atoms with E-state index in [1.165, 1.54) is 70.6 Å². The molecule has 8 heteroatoms. The lowest BCUT2D eigenvalue weighted by Gasteiger charge is -2.31. The van der Waals surface area contributed by atoms with Crippen LogP contribution in [0.15, 0.2) is 72.9 Å². The molecule has 0 aliphatic carbocycles. The van der Waals surface area contributed by atoms with Crippen LogP contribution in [0.1, 0.15) is 200 Å². The molecule has 356 valence electrons. The highest BCUT2D eigenvalue weighted by Crippen LogP contribution is 2.14. The SMILES string of the molecule is CC/C=C/C/C=C/C/C=C/C/C=C/C/C=C/CCCCCCC(=O)OCC(COCCC(C(=O)O)[N+](C)(C)C)OC(=O)CCCCCCC/C=C/CCCCCCCCCCC. The van der Waals surface area contributed by atoms with E-state index in [1.54, 1.807) is 0 Å². The Morgan fingerprint density at radius 1 is 0.500 bits per heavy atom. The van der Waals surface area contributed by atoms with Gasteiger partial charge in [0.25, 0.3) is 0 Å². The molecule has 2 atom stereocenters. The van der Waals surface area contributed by atoms with Crippen LogP contribution in [0.3, 0.4) is 0 Å². The number of ether oxygens (including phenoxy) is 3. The quantitative estimate of drug-likeness (QED) is 0.0282. The van der Waals surface area contributed by atoms with E-state index in [2.05, 4.69) is 86.8 Å². The number of quaternary nitrogens is 1. The zero-order chi connectivity index (χ0) is 45.6. The summed E-state index contributed by atoms with van der Waals surface area (Å²) >= 11 is 0. The second-order valence-corrected chi connectivity index (χ2v) is 17.7. The highest BCUT2D eigenvalue weighted by Gasteiger charge is 2.31. The molecule has 8 nitrogen and oxygen atoms in total. The number of esters is 2. The van der Waals surface area contributed by atoms with E-state index in [9.17, 15) is 19.5 Å². The Kier molecular flexibility index (Phi) is 42.1. The molecule has 0 amide bonds. The largest absolute Gasteiger partial charge is 0.477 e. The number of carbonyl (C=O) groups is 3. The molecule has 1 N–H and O–H groups in total. The van der Waals surface area contributed by atoms with Crippen molar-refractivity contribution in [3.63, 3.8) is 0 Å². The third-order valence-corrected chi connectivity index (χ3v) is 10.8. The first-order chi connectivity index (χ1) is 30.1. The van der Waals surface area contributed by atoms with Gasteiger partial charge in [0.1, 0.15) is 6.61 Å². The molecule has 0 aromatic carbocycles. The van der Waals surface area contributed by atoms with Crippen molar-refractivity contribution in [1.82, 2.24) is 0 Å². The van der Waals surface area contributed by atoms with Gasteiger partial charge in [0.05, 0.1) is 34.4 Å². The predicted molar refractivity (Wildman–Crippen MR) is 261 cm³/mol. The monoisotopic (exact) mass is 869 g/mol. The Morgan fingerprint density at radius 2 is 0.903 bits per heavy atom. The Hall–Kier alpha value is -3.23. The summed E-state index contributed by atoms with van der Waals surface area (Å²) in [5, 5.41) is 9.65. The number of nitrogens with zero attached hydrogens (tertiary/aromatic N) is 1. The highest BCUT2D eigenvalue weighted by molar-refractivity contribution is 5.72. The van der Waals surface area contributed by atoms with E-state index in [0.29, 0.717) is 19.3 Å². The fourth-order valence-corrected chi connectivity index (χ4v) is 6.99. The molecule has 0 saturated heterocycles. The van der Waals surface area contributed by atoms with E-state index in [1.807, 2.05) is 21.1 Å². The zero-order valence-corrected chi connectivity index (χ0v) is 40.6. The number of carboxylic acid groups (broad SMARTS) is 1. The van der Waals surface area contributed by atoms with Gasteiger partial charge in [-0.2, -0.15) is 0 Å². The molecule has 0 rings (SSSR count). The first kappa shape index (κ1) is 58.8. The van der Waals surface area contributed by atoms with Crippen molar-refractivity contribution in [3.8, 4) is 0 Å². The molecule has 0 aromatic rings. The molecule has 0 fully saturated rings. The van der Waals surface area contributed by atoms with E-state index in [-0.39, 0.29) is 36.2 Å². The third kappa shape index (κ3) is 42.1. The van der Waals surface area contributed by atoms with Crippen LogP contribution in [0.25, 0.3) is 0 Å². The fourth-order valence-electron chi connectivity index (χ4n) is 6.99. The summed E-state index contributed by atoms with van der Waals surface area (Å²) in [7, 11) is 5.52. The van der Waals surface area contributed by atoms with Gasteiger partial charge < -0.3 is 23.8 Å². The van der Waals surface area contributed by atoms with Gasteiger partial charge in [0.2, 0.25) is 0 Å². The summed E-state index contributed by atoms with van der Waals surface area (Å²) in [6, 6.07) is -0.624. The number of allylic oxidation sites excluding steroid dienone is 12. The van der Waals surface area contributed by atoms with Crippen molar-refractivity contribution in [2.24, 2.45) is 0 Å². The third-order valence-electron chi connectivity index (χ3n) is 10.8. The molecule has 0 radical (unpaired) electrons. The number of aliphatic carboxylic acids is 1. The second kappa shape index (κ2) is 44.4. The van der Waals surface area contributed by atoms with E-state index in [4.69, 9.17) is 14.2 Å². The van der Waals surface area contributed by atoms with Crippen molar-refractivity contribution in [3.05, 3.63) is 72.9 Å². The normalized spacial score (nSPS) is 13.5. The Labute approximate surface area is 381 Å². The summed E-state index contributed by atoms with van der Waals surface area (Å²) in [6.07, 6.45) is 56.6. The van der Waals surface area contributed by atoms with Gasteiger partial charge in [0.15, 0.2) is 12.1 Å². The summed E-state index contributed by atoms with van der Waals surface area (Å²) in [5.41, 5.74) is 0. The van der Waals surface area contributed by atoms with E-state index in [0.717, 1.165) is 96.3 Å². The second-order valence-electron chi connectivity index (χ2n) is 17.7. The minimum atomic E-state index is -0.881. The summed E-state index contributed by atoms with van der Waals surface area (Å²) in [5.74, 6) is -1.51. The fraction of sp³-hybridized carbons (Fsp3) is 0.722. The first-order valence-electron chi connectivity index (χ1n) is 25.0. The van der Waals surface area contributed by atoms with Crippen LogP contribution in [-0.2, 0) is 28.6 Å². The molecule has 0 saturated carbocycles. The van der Waals surface area contributed by atoms with Crippen LogP contribution in [-0.4, -0.2) is 80.6 Å². The van der Waals surface area contributed by atoms with Gasteiger partial charge in [0, 0.05) is 19.3 Å². The molecule has 0 bridgehead atoms. The Balaban J connectivity index is 4.34. The number of rotatable bonds is 44. The zero-order valence-electron chi connectivity index (χ0n) is 40.6. The molecule has 0 aliphatic heterocycles.